The first-order chi connectivity index (χ1) is 13.8. The summed E-state index contributed by atoms with van der Waals surface area (Å²) in [6, 6.07) is 11.6. The fraction of sp³-hybridized carbons (Fsp3) is 0.381. The van der Waals surface area contributed by atoms with Gasteiger partial charge in [-0.15, -0.1) is 0 Å². The summed E-state index contributed by atoms with van der Waals surface area (Å²) in [5.41, 5.74) is 1.66. The summed E-state index contributed by atoms with van der Waals surface area (Å²) in [6.07, 6.45) is 1.86. The van der Waals surface area contributed by atoms with Gasteiger partial charge in [-0.3, -0.25) is 4.79 Å². The molecule has 1 amide bonds. The van der Waals surface area contributed by atoms with Crippen LogP contribution in [0.5, 0.6) is 11.5 Å². The van der Waals surface area contributed by atoms with Gasteiger partial charge in [-0.1, -0.05) is 6.07 Å². The van der Waals surface area contributed by atoms with Gasteiger partial charge in [-0.2, -0.15) is 0 Å². The quantitative estimate of drug-likeness (QED) is 0.713. The number of carbonyl (C=O) groups excluding carboxylic acids is 1. The molecule has 0 aliphatic carbocycles. The van der Waals surface area contributed by atoms with Gasteiger partial charge in [-0.25, -0.2) is 13.1 Å². The fourth-order valence-corrected chi connectivity index (χ4v) is 4.71. The maximum atomic E-state index is 12.7. The minimum Gasteiger partial charge on any atom is -0.493 e. The van der Waals surface area contributed by atoms with Crippen molar-refractivity contribution in [2.24, 2.45) is 0 Å². The molecule has 1 aliphatic rings. The molecule has 7 nitrogen and oxygen atoms in total. The number of hydrogen-bond donors (Lipinski definition) is 1. The van der Waals surface area contributed by atoms with Gasteiger partial charge in [0.25, 0.3) is 0 Å². The lowest BCUT2D eigenvalue weighted by atomic mass is 10.1. The summed E-state index contributed by atoms with van der Waals surface area (Å²) in [4.78, 5) is 13.7. The first-order valence-electron chi connectivity index (χ1n) is 9.47. The number of methoxy groups -OCH3 is 2. The summed E-state index contributed by atoms with van der Waals surface area (Å²) < 4.78 is 38.7. The second-order valence-electron chi connectivity index (χ2n) is 7.06. The second-order valence-corrected chi connectivity index (χ2v) is 8.77. The zero-order valence-corrected chi connectivity index (χ0v) is 17.7. The van der Waals surface area contributed by atoms with Crippen LogP contribution < -0.4 is 19.1 Å². The van der Waals surface area contributed by atoms with Gasteiger partial charge in [0.1, 0.15) is 0 Å². The minimum atomic E-state index is -3.67. The molecule has 1 heterocycles. The van der Waals surface area contributed by atoms with Crippen LogP contribution in [0.2, 0.25) is 0 Å². The lowest BCUT2D eigenvalue weighted by molar-refractivity contribution is -0.117. The fourth-order valence-electron chi connectivity index (χ4n) is 3.46. The van der Waals surface area contributed by atoms with Crippen molar-refractivity contribution in [2.45, 2.75) is 37.1 Å². The largest absolute Gasteiger partial charge is 0.493 e. The highest BCUT2D eigenvalue weighted by molar-refractivity contribution is 7.89. The van der Waals surface area contributed by atoms with Crippen LogP contribution in [0.1, 0.15) is 25.3 Å². The lowest BCUT2D eigenvalue weighted by Crippen LogP contribution is -2.34. The number of rotatable bonds is 8. The van der Waals surface area contributed by atoms with E-state index in [0.29, 0.717) is 30.9 Å². The highest BCUT2D eigenvalue weighted by Gasteiger charge is 2.23. The van der Waals surface area contributed by atoms with Gasteiger partial charge >= 0.3 is 0 Å². The van der Waals surface area contributed by atoms with Crippen LogP contribution in [0.15, 0.2) is 47.4 Å². The molecule has 0 unspecified atom stereocenters. The number of nitrogens with zero attached hydrogens (tertiary/aromatic N) is 1. The molecule has 8 heteroatoms. The molecule has 0 radical (unpaired) electrons. The number of sulfonamides is 1. The molecule has 0 bridgehead atoms. The Kier molecular flexibility index (Phi) is 6.44. The van der Waals surface area contributed by atoms with Gasteiger partial charge in [0.05, 0.1) is 19.1 Å². The number of ether oxygens (including phenoxy) is 2. The van der Waals surface area contributed by atoms with E-state index < -0.39 is 10.0 Å². The predicted molar refractivity (Wildman–Crippen MR) is 111 cm³/mol. The molecule has 0 aromatic heterocycles. The van der Waals surface area contributed by atoms with E-state index in [1.165, 1.54) is 12.1 Å². The number of hydrogen-bond acceptors (Lipinski definition) is 5. The van der Waals surface area contributed by atoms with Crippen molar-refractivity contribution < 1.29 is 22.7 Å². The number of amides is 1. The van der Waals surface area contributed by atoms with Gasteiger partial charge in [0.2, 0.25) is 15.9 Å². The van der Waals surface area contributed by atoms with Crippen molar-refractivity contribution in [2.75, 3.05) is 25.7 Å². The molecule has 2 aromatic carbocycles. The summed E-state index contributed by atoms with van der Waals surface area (Å²) >= 11 is 0. The molecule has 1 aliphatic heterocycles. The Bertz CT molecular complexity index is 973. The first kappa shape index (κ1) is 21.1. The van der Waals surface area contributed by atoms with Crippen LogP contribution in [0.3, 0.4) is 0 Å². The SMILES string of the molecule is COc1ccc(C[C@H](C)NS(=O)(=O)c2ccc(N3CCCC3=O)cc2)cc1OC. The van der Waals surface area contributed by atoms with Crippen LogP contribution in [-0.2, 0) is 21.2 Å². The predicted octanol–water partition coefficient (Wildman–Crippen LogP) is 2.74. The Morgan fingerprint density at radius 1 is 1.07 bits per heavy atom. The maximum Gasteiger partial charge on any atom is 0.240 e. The molecule has 1 atom stereocenters. The van der Waals surface area contributed by atoms with Crippen molar-refractivity contribution in [3.8, 4) is 11.5 Å². The summed E-state index contributed by atoms with van der Waals surface area (Å²) in [5, 5.41) is 0. The number of benzene rings is 2. The molecule has 1 N–H and O–H groups in total. The molecule has 29 heavy (non-hydrogen) atoms. The van der Waals surface area contributed by atoms with Gasteiger partial charge in [0, 0.05) is 24.7 Å². The second kappa shape index (κ2) is 8.84. The number of anilines is 1. The van der Waals surface area contributed by atoms with Crippen LogP contribution in [-0.4, -0.2) is 41.1 Å². The van der Waals surface area contributed by atoms with Crippen molar-refractivity contribution in [3.05, 3.63) is 48.0 Å². The highest BCUT2D eigenvalue weighted by Crippen LogP contribution is 2.28. The van der Waals surface area contributed by atoms with Gasteiger partial charge < -0.3 is 14.4 Å². The average molecular weight is 419 g/mol. The van der Waals surface area contributed by atoms with Gasteiger partial charge in [0.15, 0.2) is 11.5 Å². The van der Waals surface area contributed by atoms with Crippen molar-refractivity contribution in [1.29, 1.82) is 0 Å². The van der Waals surface area contributed by atoms with Crippen molar-refractivity contribution >= 4 is 21.6 Å². The van der Waals surface area contributed by atoms with E-state index in [1.54, 1.807) is 37.3 Å². The van der Waals surface area contributed by atoms with E-state index >= 15 is 0 Å². The monoisotopic (exact) mass is 418 g/mol. The van der Waals surface area contributed by atoms with Crippen molar-refractivity contribution in [3.63, 3.8) is 0 Å². The Balaban J connectivity index is 1.68. The molecular formula is C21H26N2O5S. The summed E-state index contributed by atoms with van der Waals surface area (Å²) in [6.45, 7) is 2.48. The normalized spacial score (nSPS) is 15.4. The standard InChI is InChI=1S/C21H26N2O5S/c1-15(13-16-6-11-19(27-2)20(14-16)28-3)22-29(25,26)18-9-7-17(8-10-18)23-12-4-5-21(23)24/h6-11,14-15,22H,4-5,12-13H2,1-3H3/t15-/m0/s1. The molecule has 3 rings (SSSR count). The zero-order chi connectivity index (χ0) is 21.0. The van der Waals surface area contributed by atoms with Crippen LogP contribution >= 0.6 is 0 Å². The topological polar surface area (TPSA) is 84.9 Å². The van der Waals surface area contributed by atoms with Gasteiger partial charge in [-0.05, 0) is 61.7 Å². The smallest absolute Gasteiger partial charge is 0.240 e. The third kappa shape index (κ3) is 4.89. The maximum absolute atomic E-state index is 12.7. The first-order valence-corrected chi connectivity index (χ1v) is 11.0. The van der Waals surface area contributed by atoms with E-state index in [-0.39, 0.29) is 16.8 Å². The Hall–Kier alpha value is -2.58. The molecule has 0 saturated carbocycles. The Labute approximate surface area is 171 Å². The number of carbonyl (C=O) groups is 1. The van der Waals surface area contributed by atoms with E-state index in [2.05, 4.69) is 4.72 Å². The molecule has 0 spiro atoms. The third-order valence-electron chi connectivity index (χ3n) is 4.88. The molecular weight excluding hydrogens is 392 g/mol. The van der Waals surface area contributed by atoms with E-state index in [9.17, 15) is 13.2 Å². The summed E-state index contributed by atoms with van der Waals surface area (Å²) in [5.74, 6) is 1.30. The highest BCUT2D eigenvalue weighted by atomic mass is 32.2. The zero-order valence-electron chi connectivity index (χ0n) is 16.8. The Morgan fingerprint density at radius 3 is 2.34 bits per heavy atom. The average Bonchev–Trinajstić information content (AvgIpc) is 3.13. The van der Waals surface area contributed by atoms with Crippen LogP contribution in [0.4, 0.5) is 5.69 Å². The Morgan fingerprint density at radius 2 is 1.76 bits per heavy atom. The third-order valence-corrected chi connectivity index (χ3v) is 6.48. The van der Waals surface area contributed by atoms with Crippen LogP contribution in [0.25, 0.3) is 0 Å². The summed E-state index contributed by atoms with van der Waals surface area (Å²) in [7, 11) is -0.540. The minimum absolute atomic E-state index is 0.0716. The molecule has 1 fully saturated rings. The van der Waals surface area contributed by atoms with Crippen LogP contribution in [0, 0.1) is 0 Å². The van der Waals surface area contributed by atoms with Crippen molar-refractivity contribution in [1.82, 2.24) is 4.72 Å². The molecule has 2 aromatic rings. The van der Waals surface area contributed by atoms with E-state index in [1.807, 2.05) is 19.1 Å². The lowest BCUT2D eigenvalue weighted by Gasteiger charge is -2.18. The van der Waals surface area contributed by atoms with E-state index in [4.69, 9.17) is 9.47 Å². The number of nitrogens with one attached hydrogen (secondary N) is 1. The molecule has 156 valence electrons. The van der Waals surface area contributed by atoms with E-state index in [0.717, 1.165) is 17.7 Å². The molecule has 1 saturated heterocycles.